The van der Waals surface area contributed by atoms with Gasteiger partial charge in [0.2, 0.25) is 12.7 Å². The van der Waals surface area contributed by atoms with E-state index in [4.69, 9.17) is 14.2 Å². The molecule has 0 radical (unpaired) electrons. The number of hydrogen-bond donors (Lipinski definition) is 0. The topological polar surface area (TPSA) is 60.9 Å². The third-order valence-corrected chi connectivity index (χ3v) is 4.74. The summed E-state index contributed by atoms with van der Waals surface area (Å²) in [6, 6.07) is 13.6. The number of nitrogens with zero attached hydrogens (tertiary/aromatic N) is 2. The molecule has 0 fully saturated rings. The van der Waals surface area contributed by atoms with Gasteiger partial charge in [-0.25, -0.2) is 4.39 Å². The SMILES string of the molecule is CCN(Cc1ccc2c(c1)OCO2)C(=O)/C=C\c1ccc(Oc2cccnc2)c(F)c1. The van der Waals surface area contributed by atoms with Gasteiger partial charge in [0.15, 0.2) is 23.1 Å². The zero-order valence-electron chi connectivity index (χ0n) is 17.0. The molecule has 7 heteroatoms. The highest BCUT2D eigenvalue weighted by molar-refractivity contribution is 5.91. The van der Waals surface area contributed by atoms with Crippen LogP contribution in [-0.4, -0.2) is 29.1 Å². The molecule has 3 aromatic rings. The molecule has 0 N–H and O–H groups in total. The minimum absolute atomic E-state index is 0.0921. The monoisotopic (exact) mass is 420 g/mol. The van der Waals surface area contributed by atoms with Crippen molar-refractivity contribution in [1.29, 1.82) is 0 Å². The molecule has 6 nitrogen and oxygen atoms in total. The molecule has 0 spiro atoms. The molecule has 0 unspecified atom stereocenters. The normalized spacial score (nSPS) is 12.2. The Morgan fingerprint density at radius 3 is 2.84 bits per heavy atom. The Morgan fingerprint density at radius 1 is 1.19 bits per heavy atom. The molecule has 4 rings (SSSR count). The zero-order valence-corrected chi connectivity index (χ0v) is 17.0. The summed E-state index contributed by atoms with van der Waals surface area (Å²) in [5, 5.41) is 0. The number of aromatic nitrogens is 1. The van der Waals surface area contributed by atoms with E-state index in [1.54, 1.807) is 35.4 Å². The van der Waals surface area contributed by atoms with E-state index in [0.29, 0.717) is 35.9 Å². The van der Waals surface area contributed by atoms with Gasteiger partial charge in [-0.3, -0.25) is 9.78 Å². The second-order valence-electron chi connectivity index (χ2n) is 6.85. The van der Waals surface area contributed by atoms with Gasteiger partial charge in [-0.05, 0) is 60.5 Å². The van der Waals surface area contributed by atoms with Crippen LogP contribution in [-0.2, 0) is 11.3 Å². The predicted molar refractivity (Wildman–Crippen MR) is 113 cm³/mol. The van der Waals surface area contributed by atoms with Crippen molar-refractivity contribution in [1.82, 2.24) is 9.88 Å². The first-order chi connectivity index (χ1) is 15.1. The summed E-state index contributed by atoms with van der Waals surface area (Å²) in [6.07, 6.45) is 6.14. The Bertz CT molecular complexity index is 1100. The summed E-state index contributed by atoms with van der Waals surface area (Å²) in [5.41, 5.74) is 1.50. The van der Waals surface area contributed by atoms with Gasteiger partial charge in [-0.1, -0.05) is 12.1 Å². The van der Waals surface area contributed by atoms with Gasteiger partial charge < -0.3 is 19.1 Å². The van der Waals surface area contributed by atoms with Gasteiger partial charge in [-0.15, -0.1) is 0 Å². The van der Waals surface area contributed by atoms with Crippen molar-refractivity contribution in [2.24, 2.45) is 0 Å². The molecular weight excluding hydrogens is 399 g/mol. The minimum Gasteiger partial charge on any atom is -0.454 e. The molecular formula is C24H21FN2O4. The number of rotatable bonds is 7. The van der Waals surface area contributed by atoms with E-state index in [-0.39, 0.29) is 18.4 Å². The van der Waals surface area contributed by atoms with Gasteiger partial charge in [-0.2, -0.15) is 0 Å². The van der Waals surface area contributed by atoms with E-state index < -0.39 is 5.82 Å². The number of ether oxygens (including phenoxy) is 3. The third kappa shape index (κ3) is 5.01. The predicted octanol–water partition coefficient (Wildman–Crippen LogP) is 4.80. The van der Waals surface area contributed by atoms with E-state index in [1.165, 1.54) is 24.4 Å². The first-order valence-corrected chi connectivity index (χ1v) is 9.85. The van der Waals surface area contributed by atoms with Crippen molar-refractivity contribution < 1.29 is 23.4 Å². The summed E-state index contributed by atoms with van der Waals surface area (Å²) < 4.78 is 30.6. The Morgan fingerprint density at radius 2 is 2.06 bits per heavy atom. The third-order valence-electron chi connectivity index (χ3n) is 4.74. The zero-order chi connectivity index (χ0) is 21.6. The number of amides is 1. The maximum atomic E-state index is 14.4. The summed E-state index contributed by atoms with van der Waals surface area (Å²) in [6.45, 7) is 3.08. The van der Waals surface area contributed by atoms with Gasteiger partial charge in [0.25, 0.3) is 0 Å². The number of likely N-dealkylation sites (N-methyl/N-ethyl adjacent to an activating group) is 1. The fraction of sp³-hybridized carbons (Fsp3) is 0.167. The molecule has 0 saturated heterocycles. The van der Waals surface area contributed by atoms with Gasteiger partial charge in [0, 0.05) is 25.4 Å². The summed E-state index contributed by atoms with van der Waals surface area (Å²) in [4.78, 5) is 18.3. The molecule has 0 bridgehead atoms. The number of halogens is 1. The number of pyridine rings is 1. The molecule has 1 aliphatic heterocycles. The maximum Gasteiger partial charge on any atom is 0.246 e. The average molecular weight is 420 g/mol. The molecule has 0 atom stereocenters. The van der Waals surface area contributed by atoms with Crippen LogP contribution in [0.2, 0.25) is 0 Å². The quantitative estimate of drug-likeness (QED) is 0.514. The van der Waals surface area contributed by atoms with Crippen LogP contribution in [0.1, 0.15) is 18.1 Å². The number of hydrogen-bond acceptors (Lipinski definition) is 5. The summed E-state index contributed by atoms with van der Waals surface area (Å²) >= 11 is 0. The lowest BCUT2D eigenvalue weighted by atomic mass is 10.1. The second-order valence-corrected chi connectivity index (χ2v) is 6.85. The van der Waals surface area contributed by atoms with Crippen molar-refractivity contribution in [2.45, 2.75) is 13.5 Å². The highest BCUT2D eigenvalue weighted by atomic mass is 19.1. The highest BCUT2D eigenvalue weighted by Gasteiger charge is 2.15. The van der Waals surface area contributed by atoms with Crippen LogP contribution >= 0.6 is 0 Å². The number of carbonyl (C=O) groups is 1. The molecule has 1 aromatic heterocycles. The molecule has 2 aromatic carbocycles. The van der Waals surface area contributed by atoms with Crippen LogP contribution in [0.25, 0.3) is 6.08 Å². The van der Waals surface area contributed by atoms with Crippen molar-refractivity contribution in [3.63, 3.8) is 0 Å². The smallest absolute Gasteiger partial charge is 0.246 e. The van der Waals surface area contributed by atoms with Gasteiger partial charge in [0.05, 0.1) is 6.20 Å². The molecule has 1 amide bonds. The van der Waals surface area contributed by atoms with E-state index in [2.05, 4.69) is 4.98 Å². The Kier molecular flexibility index (Phi) is 6.12. The first-order valence-electron chi connectivity index (χ1n) is 9.85. The molecule has 1 aliphatic rings. The van der Waals surface area contributed by atoms with Crippen LogP contribution in [0.15, 0.2) is 67.0 Å². The van der Waals surface area contributed by atoms with Crippen molar-refractivity contribution in [2.75, 3.05) is 13.3 Å². The van der Waals surface area contributed by atoms with E-state index in [9.17, 15) is 9.18 Å². The molecule has 158 valence electrons. The van der Waals surface area contributed by atoms with Crippen LogP contribution < -0.4 is 14.2 Å². The largest absolute Gasteiger partial charge is 0.454 e. The van der Waals surface area contributed by atoms with E-state index >= 15 is 0 Å². The minimum atomic E-state index is -0.522. The highest BCUT2D eigenvalue weighted by Crippen LogP contribution is 2.32. The van der Waals surface area contributed by atoms with Gasteiger partial charge in [0.1, 0.15) is 5.75 Å². The lowest BCUT2D eigenvalue weighted by Gasteiger charge is -2.19. The van der Waals surface area contributed by atoms with Gasteiger partial charge >= 0.3 is 0 Å². The standard InChI is InChI=1S/C24H21FN2O4/c1-2-27(15-18-6-9-22-23(13-18)30-16-29-22)24(28)10-7-17-5-8-21(20(25)12-17)31-19-4-3-11-26-14-19/h3-14H,2,15-16H2,1H3/b10-7-. The lowest BCUT2D eigenvalue weighted by Crippen LogP contribution is -2.28. The van der Waals surface area contributed by atoms with Crippen LogP contribution in [0.3, 0.4) is 0 Å². The van der Waals surface area contributed by atoms with E-state index in [1.807, 2.05) is 25.1 Å². The number of fused-ring (bicyclic) bond motifs is 1. The Balaban J connectivity index is 1.40. The Labute approximate surface area is 179 Å². The summed E-state index contributed by atoms with van der Waals surface area (Å²) in [7, 11) is 0. The second kappa shape index (κ2) is 9.30. The lowest BCUT2D eigenvalue weighted by molar-refractivity contribution is -0.126. The molecule has 2 heterocycles. The number of carbonyl (C=O) groups excluding carboxylic acids is 1. The van der Waals surface area contributed by atoms with Crippen molar-refractivity contribution in [3.8, 4) is 23.0 Å². The van der Waals surface area contributed by atoms with Crippen LogP contribution in [0.5, 0.6) is 23.0 Å². The first kappa shape index (κ1) is 20.4. The van der Waals surface area contributed by atoms with Crippen LogP contribution in [0, 0.1) is 5.82 Å². The fourth-order valence-electron chi connectivity index (χ4n) is 3.12. The number of benzene rings is 2. The molecule has 0 saturated carbocycles. The van der Waals surface area contributed by atoms with E-state index in [0.717, 1.165) is 5.56 Å². The summed E-state index contributed by atoms with van der Waals surface area (Å²) in [5.74, 6) is 1.23. The molecule has 0 aliphatic carbocycles. The average Bonchev–Trinajstić information content (AvgIpc) is 3.26. The van der Waals surface area contributed by atoms with Crippen molar-refractivity contribution in [3.05, 3.63) is 83.9 Å². The van der Waals surface area contributed by atoms with Crippen LogP contribution in [0.4, 0.5) is 4.39 Å². The fourth-order valence-corrected chi connectivity index (χ4v) is 3.12. The molecule has 31 heavy (non-hydrogen) atoms. The Hall–Kier alpha value is -3.87. The van der Waals surface area contributed by atoms with Crippen molar-refractivity contribution >= 4 is 12.0 Å². The maximum absolute atomic E-state index is 14.4.